The van der Waals surface area contributed by atoms with E-state index in [1.807, 2.05) is 27.7 Å². The van der Waals surface area contributed by atoms with Crippen LogP contribution in [0.25, 0.3) is 12.2 Å². The molecule has 6 heterocycles. The van der Waals surface area contributed by atoms with Gasteiger partial charge in [-0.15, -0.1) is 0 Å². The second kappa shape index (κ2) is 15.5. The molecule has 0 saturated heterocycles. The number of Topliss-reactive ketones (excluding diaryl/α,β-unsaturated/α-hetero) is 1. The maximum atomic E-state index is 15.3. The quantitative estimate of drug-likeness (QED) is 0.246. The van der Waals surface area contributed by atoms with Gasteiger partial charge in [0.05, 0.1) is 24.1 Å². The molecule has 1 aliphatic carbocycles. The Bertz CT molecular complexity index is 2130. The van der Waals surface area contributed by atoms with E-state index >= 15 is 13.2 Å². The number of alkyl halides is 3. The van der Waals surface area contributed by atoms with Crippen molar-refractivity contribution < 1.29 is 32.6 Å². The number of allylic oxidation sites excluding steroid dienone is 3. The molecule has 0 amide bonds. The van der Waals surface area contributed by atoms with Gasteiger partial charge in [0.2, 0.25) is 5.72 Å². The van der Waals surface area contributed by atoms with E-state index in [0.717, 1.165) is 72.9 Å². The number of hydrogen-bond donors (Lipinski definition) is 4. The largest absolute Gasteiger partial charge is 0.466 e. The Morgan fingerprint density at radius 1 is 0.964 bits per heavy atom. The number of halogens is 3. The molecule has 1 saturated carbocycles. The van der Waals surface area contributed by atoms with Crippen molar-refractivity contribution in [2.24, 2.45) is 21.8 Å². The summed E-state index contributed by atoms with van der Waals surface area (Å²) in [6.07, 6.45) is 7.07. The minimum absolute atomic E-state index is 0.00121. The number of aliphatic imine (C=N–C) groups is 2. The van der Waals surface area contributed by atoms with E-state index in [-0.39, 0.29) is 65.5 Å². The number of cyclic esters (lactones) is 1. The molecule has 4 aliphatic heterocycles. The predicted octanol–water partition coefficient (Wildman–Crippen LogP) is 6.52. The topological polar surface area (TPSA) is 132 Å². The van der Waals surface area contributed by atoms with Crippen LogP contribution in [0.5, 0.6) is 0 Å². The highest BCUT2D eigenvalue weighted by atomic mass is 19.4. The fourth-order valence-electron chi connectivity index (χ4n) is 9.38. The molecule has 0 radical (unpaired) electrons. The summed E-state index contributed by atoms with van der Waals surface area (Å²) >= 11 is 0. The maximum absolute atomic E-state index is 15.3. The molecule has 55 heavy (non-hydrogen) atoms. The zero-order valence-corrected chi connectivity index (χ0v) is 32.7. The molecule has 10 bridgehead atoms. The van der Waals surface area contributed by atoms with Gasteiger partial charge in [-0.1, -0.05) is 52.4 Å². The van der Waals surface area contributed by atoms with Gasteiger partial charge in [-0.2, -0.15) is 13.2 Å². The Balaban J connectivity index is 1.46. The van der Waals surface area contributed by atoms with E-state index in [4.69, 9.17) is 14.7 Å². The first-order chi connectivity index (χ1) is 26.2. The van der Waals surface area contributed by atoms with E-state index in [2.05, 4.69) is 15.3 Å². The van der Waals surface area contributed by atoms with E-state index in [0.29, 0.717) is 66.0 Å². The molecule has 2 aromatic heterocycles. The Hall–Kier alpha value is -4.03. The van der Waals surface area contributed by atoms with Crippen molar-refractivity contribution in [1.29, 1.82) is 0 Å². The molecule has 0 aromatic carbocycles. The Labute approximate surface area is 320 Å². The zero-order valence-electron chi connectivity index (χ0n) is 32.7. The van der Waals surface area contributed by atoms with Crippen molar-refractivity contribution in [2.45, 2.75) is 136 Å². The van der Waals surface area contributed by atoms with Crippen molar-refractivity contribution in [3.8, 4) is 0 Å². The Kier molecular flexibility index (Phi) is 11.0. The number of esters is 1. The standard InChI is InChI=1S/C43H54F3N5O4/c1-6-27-23(2)30-22-35-39-26(5)33(49-35)20-31-24(3)28(40(50-31)29-19-36(52)38-25(4)32(51-41(29)38)21-34(27)48-30)15-16-37(53)55-18-14-12-10-8-7-9-11-13-17-47-42(39,54)43(44,45)46/h20,22,24,28,32,47-49,54H,6-19,21H2,1-5H3/b33-20-,35-22-,40-29-/t24-,28-,32?,42?/m0/s1. The van der Waals surface area contributed by atoms with Crippen LogP contribution in [0.1, 0.15) is 125 Å². The number of rotatable bonds is 1. The number of aliphatic hydroxyl groups is 1. The lowest BCUT2D eigenvalue weighted by Gasteiger charge is -2.32. The number of carbonyl (C=O) groups excluding carboxylic acids is 2. The maximum Gasteiger partial charge on any atom is 0.435 e. The van der Waals surface area contributed by atoms with Crippen molar-refractivity contribution in [3.63, 3.8) is 0 Å². The summed E-state index contributed by atoms with van der Waals surface area (Å²) in [4.78, 5) is 43.9. The van der Waals surface area contributed by atoms with E-state index in [1.54, 1.807) is 19.1 Å². The van der Waals surface area contributed by atoms with E-state index < -0.39 is 11.9 Å². The van der Waals surface area contributed by atoms with E-state index in [1.165, 1.54) is 0 Å². The molecule has 9 nitrogen and oxygen atoms in total. The molecule has 7 rings (SSSR count). The second-order valence-electron chi connectivity index (χ2n) is 16.1. The molecular formula is C43H54F3N5O4. The summed E-state index contributed by atoms with van der Waals surface area (Å²) in [6.45, 7) is 9.91. The summed E-state index contributed by atoms with van der Waals surface area (Å²) in [5, 5.41) is 15.0. The van der Waals surface area contributed by atoms with Crippen LogP contribution in [-0.4, -0.2) is 63.6 Å². The van der Waals surface area contributed by atoms with Crippen LogP contribution in [0.15, 0.2) is 32.4 Å². The first-order valence-electron chi connectivity index (χ1n) is 20.2. The van der Waals surface area contributed by atoms with Gasteiger partial charge in [0, 0.05) is 75.6 Å². The number of aromatic nitrogens is 2. The number of nitrogens with zero attached hydrogens (tertiary/aromatic N) is 2. The third kappa shape index (κ3) is 7.25. The molecule has 2 aromatic rings. The average Bonchev–Trinajstić information content (AvgIpc) is 3.89. The van der Waals surface area contributed by atoms with Crippen LogP contribution in [0.4, 0.5) is 13.2 Å². The van der Waals surface area contributed by atoms with Crippen LogP contribution in [0.2, 0.25) is 0 Å². The normalized spacial score (nSPS) is 29.7. The summed E-state index contributed by atoms with van der Waals surface area (Å²) < 4.78 is 51.5. The predicted molar refractivity (Wildman–Crippen MR) is 207 cm³/mol. The molecule has 5 aliphatic rings. The first kappa shape index (κ1) is 39.2. The van der Waals surface area contributed by atoms with Gasteiger partial charge in [0.25, 0.3) is 0 Å². The summed E-state index contributed by atoms with van der Waals surface area (Å²) in [5.74, 6) is -0.775. The number of hydrogen-bond acceptors (Lipinski definition) is 7. The second-order valence-corrected chi connectivity index (χ2v) is 16.1. The summed E-state index contributed by atoms with van der Waals surface area (Å²) in [7, 11) is 0. The van der Waals surface area contributed by atoms with Crippen molar-refractivity contribution in [2.75, 3.05) is 13.2 Å². The third-order valence-electron chi connectivity index (χ3n) is 12.6. The van der Waals surface area contributed by atoms with Gasteiger partial charge in [-0.05, 0) is 87.4 Å². The number of H-pyrrole nitrogens is 2. The third-order valence-corrected chi connectivity index (χ3v) is 12.6. The van der Waals surface area contributed by atoms with Crippen LogP contribution < -0.4 is 16.0 Å². The van der Waals surface area contributed by atoms with Gasteiger partial charge in [-0.3, -0.25) is 24.9 Å². The minimum Gasteiger partial charge on any atom is -0.466 e. The van der Waals surface area contributed by atoms with Crippen LogP contribution in [0, 0.1) is 25.7 Å². The number of aromatic amines is 2. The lowest BCUT2D eigenvalue weighted by Crippen LogP contribution is -2.56. The molecule has 12 heteroatoms. The minimum atomic E-state index is -5.04. The lowest BCUT2D eigenvalue weighted by atomic mass is 9.84. The summed E-state index contributed by atoms with van der Waals surface area (Å²) in [5.41, 5.74) is 4.41. The number of fused-ring (bicyclic) bond motifs is 9. The molecule has 0 spiro atoms. The number of ether oxygens (including phenoxy) is 1. The van der Waals surface area contributed by atoms with Crippen LogP contribution >= 0.6 is 0 Å². The Morgan fingerprint density at radius 3 is 2.38 bits per heavy atom. The van der Waals surface area contributed by atoms with Crippen LogP contribution in [-0.2, 0) is 32.9 Å². The van der Waals surface area contributed by atoms with E-state index in [9.17, 15) is 14.7 Å². The number of ketones is 1. The monoisotopic (exact) mass is 761 g/mol. The molecule has 296 valence electrons. The fourth-order valence-corrected chi connectivity index (χ4v) is 9.38. The van der Waals surface area contributed by atoms with Gasteiger partial charge in [0.15, 0.2) is 5.78 Å². The first-order valence-corrected chi connectivity index (χ1v) is 20.2. The Morgan fingerprint density at radius 2 is 1.67 bits per heavy atom. The highest BCUT2D eigenvalue weighted by Gasteiger charge is 2.56. The molecular weight excluding hydrogens is 707 g/mol. The average molecular weight is 762 g/mol. The molecule has 2 unspecified atom stereocenters. The SMILES string of the molecule is CCc1c2[nH]c(c1C)/C=c1\[nH]/c3c(C)c1C(O)(C(F)(F)F)NCCCCCCCCCCOC(=O)CC[C@@H]1/C(=C4\CC(=O)C5=C(C)C(C2)N=C54)N=C(/C=3)[C@H]1C. The highest BCUT2D eigenvalue weighted by Crippen LogP contribution is 2.44. The van der Waals surface area contributed by atoms with Crippen LogP contribution in [0.3, 0.4) is 0 Å². The number of carbonyl (C=O) groups is 2. The van der Waals surface area contributed by atoms with Gasteiger partial charge in [0.1, 0.15) is 0 Å². The highest BCUT2D eigenvalue weighted by molar-refractivity contribution is 6.37. The zero-order chi connectivity index (χ0) is 39.2. The molecule has 4 atom stereocenters. The van der Waals surface area contributed by atoms with Gasteiger partial charge < -0.3 is 19.8 Å². The fraction of sp³-hybridized carbons (Fsp3) is 0.581. The number of nitrogens with one attached hydrogen (secondary N) is 3. The van der Waals surface area contributed by atoms with Gasteiger partial charge >= 0.3 is 12.1 Å². The molecule has 4 N–H and O–H groups in total. The van der Waals surface area contributed by atoms with Crippen molar-refractivity contribution in [1.82, 2.24) is 15.3 Å². The van der Waals surface area contributed by atoms with Gasteiger partial charge in [-0.25, -0.2) is 0 Å². The lowest BCUT2D eigenvalue weighted by molar-refractivity contribution is -0.280. The smallest absolute Gasteiger partial charge is 0.435 e. The van der Waals surface area contributed by atoms with Crippen molar-refractivity contribution in [3.05, 3.63) is 66.8 Å². The molecule has 1 fully saturated rings. The van der Waals surface area contributed by atoms with Crippen molar-refractivity contribution >= 4 is 35.3 Å². The summed E-state index contributed by atoms with van der Waals surface area (Å²) in [6, 6.07) is -0.304.